The topological polar surface area (TPSA) is 88.3 Å². The van der Waals surface area contributed by atoms with Crippen LogP contribution in [0.4, 0.5) is 0 Å². The van der Waals surface area contributed by atoms with Crippen molar-refractivity contribution in [2.45, 2.75) is 31.7 Å². The number of fused-ring (bicyclic) bond motifs is 1. The fourth-order valence-electron chi connectivity index (χ4n) is 3.24. The van der Waals surface area contributed by atoms with E-state index in [9.17, 15) is 9.59 Å². The highest BCUT2D eigenvalue weighted by molar-refractivity contribution is 6.21. The number of hydrogen-bond acceptors (Lipinski definition) is 6. The van der Waals surface area contributed by atoms with E-state index >= 15 is 0 Å². The van der Waals surface area contributed by atoms with Crippen LogP contribution in [-0.2, 0) is 6.42 Å². The van der Waals surface area contributed by atoms with E-state index in [1.54, 1.807) is 24.3 Å². The molecule has 7 nitrogen and oxygen atoms in total. The van der Waals surface area contributed by atoms with E-state index in [0.717, 1.165) is 19.4 Å². The number of amides is 2. The monoisotopic (exact) mass is 326 g/mol. The first kappa shape index (κ1) is 15.0. The Hall–Kier alpha value is -2.54. The van der Waals surface area contributed by atoms with E-state index in [1.165, 1.54) is 4.90 Å². The molecule has 3 heterocycles. The third-order valence-electron chi connectivity index (χ3n) is 4.50. The Bertz CT molecular complexity index is 745. The van der Waals surface area contributed by atoms with E-state index in [2.05, 4.69) is 15.5 Å². The van der Waals surface area contributed by atoms with Crippen LogP contribution in [0.2, 0.25) is 0 Å². The maximum Gasteiger partial charge on any atom is 0.261 e. The lowest BCUT2D eigenvalue weighted by molar-refractivity contribution is 0.0652. The van der Waals surface area contributed by atoms with Gasteiger partial charge in [-0.05, 0) is 37.9 Å². The molecule has 0 saturated carbocycles. The number of carbonyl (C=O) groups excluding carboxylic acids is 2. The third kappa shape index (κ3) is 2.60. The Morgan fingerprint density at radius 1 is 1.21 bits per heavy atom. The van der Waals surface area contributed by atoms with Crippen molar-refractivity contribution in [3.63, 3.8) is 0 Å². The summed E-state index contributed by atoms with van der Waals surface area (Å²) >= 11 is 0. The van der Waals surface area contributed by atoms with Crippen molar-refractivity contribution < 1.29 is 14.1 Å². The lowest BCUT2D eigenvalue weighted by atomic mass is 10.1. The van der Waals surface area contributed by atoms with E-state index in [-0.39, 0.29) is 17.9 Å². The van der Waals surface area contributed by atoms with Gasteiger partial charge in [0.25, 0.3) is 11.8 Å². The lowest BCUT2D eigenvalue weighted by Gasteiger charge is -2.12. The van der Waals surface area contributed by atoms with Crippen LogP contribution < -0.4 is 5.32 Å². The first-order chi connectivity index (χ1) is 11.7. The van der Waals surface area contributed by atoms with E-state index in [4.69, 9.17) is 4.52 Å². The SMILES string of the molecule is O=C1c2ccccc2C(=O)N1CCCc1noc([C@H]2CCCN2)n1. The first-order valence-corrected chi connectivity index (χ1v) is 8.25. The Labute approximate surface area is 139 Å². The van der Waals surface area contributed by atoms with Crippen molar-refractivity contribution in [3.8, 4) is 0 Å². The number of carbonyl (C=O) groups is 2. The summed E-state index contributed by atoms with van der Waals surface area (Å²) in [7, 11) is 0. The molecule has 1 N–H and O–H groups in total. The molecule has 2 aromatic rings. The van der Waals surface area contributed by atoms with Gasteiger partial charge < -0.3 is 9.84 Å². The van der Waals surface area contributed by atoms with Crippen molar-refractivity contribution in [1.29, 1.82) is 0 Å². The van der Waals surface area contributed by atoms with Crippen LogP contribution in [-0.4, -0.2) is 39.9 Å². The summed E-state index contributed by atoms with van der Waals surface area (Å²) in [5.41, 5.74) is 0.966. The molecule has 2 amide bonds. The molecular weight excluding hydrogens is 308 g/mol. The Morgan fingerprint density at radius 3 is 2.62 bits per heavy atom. The molecule has 24 heavy (non-hydrogen) atoms. The predicted molar refractivity (Wildman–Crippen MR) is 84.4 cm³/mol. The van der Waals surface area contributed by atoms with Gasteiger partial charge in [0, 0.05) is 13.0 Å². The number of imide groups is 1. The highest BCUT2D eigenvalue weighted by Crippen LogP contribution is 2.23. The zero-order chi connectivity index (χ0) is 16.5. The molecule has 2 aliphatic heterocycles. The Balaban J connectivity index is 1.35. The van der Waals surface area contributed by atoms with Crippen LogP contribution in [0, 0.1) is 0 Å². The molecule has 0 unspecified atom stereocenters. The van der Waals surface area contributed by atoms with Gasteiger partial charge in [0.2, 0.25) is 5.89 Å². The molecule has 2 aliphatic rings. The summed E-state index contributed by atoms with van der Waals surface area (Å²) < 4.78 is 5.29. The van der Waals surface area contributed by atoms with Crippen molar-refractivity contribution in [2.75, 3.05) is 13.1 Å². The maximum absolute atomic E-state index is 12.3. The largest absolute Gasteiger partial charge is 0.338 e. The molecule has 1 aromatic carbocycles. The quantitative estimate of drug-likeness (QED) is 0.842. The molecule has 1 aromatic heterocycles. The normalized spacial score (nSPS) is 20.0. The molecule has 0 radical (unpaired) electrons. The van der Waals surface area contributed by atoms with Gasteiger partial charge in [0.15, 0.2) is 5.82 Å². The number of aromatic nitrogens is 2. The average molecular weight is 326 g/mol. The summed E-state index contributed by atoms with van der Waals surface area (Å²) in [4.78, 5) is 30.3. The smallest absolute Gasteiger partial charge is 0.261 e. The molecule has 0 spiro atoms. The Kier molecular flexibility index (Phi) is 3.86. The number of rotatable bonds is 5. The van der Waals surface area contributed by atoms with E-state index in [0.29, 0.717) is 42.2 Å². The van der Waals surface area contributed by atoms with Crippen molar-refractivity contribution >= 4 is 11.8 Å². The molecule has 1 atom stereocenters. The van der Waals surface area contributed by atoms with Crippen molar-refractivity contribution in [2.24, 2.45) is 0 Å². The van der Waals surface area contributed by atoms with Gasteiger partial charge in [0.05, 0.1) is 17.2 Å². The van der Waals surface area contributed by atoms with E-state index < -0.39 is 0 Å². The number of hydrogen-bond donors (Lipinski definition) is 1. The van der Waals surface area contributed by atoms with Gasteiger partial charge in [0.1, 0.15) is 0 Å². The van der Waals surface area contributed by atoms with Gasteiger partial charge in [-0.1, -0.05) is 17.3 Å². The zero-order valence-electron chi connectivity index (χ0n) is 13.2. The fraction of sp³-hybridized carbons (Fsp3) is 0.412. The second kappa shape index (κ2) is 6.16. The average Bonchev–Trinajstić information content (AvgIpc) is 3.32. The third-order valence-corrected chi connectivity index (χ3v) is 4.50. The molecule has 0 bridgehead atoms. The van der Waals surface area contributed by atoms with Crippen LogP contribution in [0.15, 0.2) is 28.8 Å². The minimum Gasteiger partial charge on any atom is -0.338 e. The first-order valence-electron chi connectivity index (χ1n) is 8.25. The minimum atomic E-state index is -0.223. The van der Waals surface area contributed by atoms with Gasteiger partial charge in [-0.3, -0.25) is 14.5 Å². The summed E-state index contributed by atoms with van der Waals surface area (Å²) in [6.07, 6.45) is 3.31. The molecule has 0 aliphatic carbocycles. The predicted octanol–water partition coefficient (Wildman–Crippen LogP) is 1.72. The molecule has 7 heteroatoms. The van der Waals surface area contributed by atoms with Gasteiger partial charge in [-0.15, -0.1) is 0 Å². The van der Waals surface area contributed by atoms with Gasteiger partial charge >= 0.3 is 0 Å². The van der Waals surface area contributed by atoms with Crippen LogP contribution >= 0.6 is 0 Å². The minimum absolute atomic E-state index is 0.155. The molecule has 1 fully saturated rings. The highest BCUT2D eigenvalue weighted by atomic mass is 16.5. The van der Waals surface area contributed by atoms with Gasteiger partial charge in [-0.2, -0.15) is 4.98 Å². The summed E-state index contributed by atoms with van der Waals surface area (Å²) in [6, 6.07) is 7.07. The van der Waals surface area contributed by atoms with Gasteiger partial charge in [-0.25, -0.2) is 0 Å². The number of benzene rings is 1. The Morgan fingerprint density at radius 2 is 1.96 bits per heavy atom. The number of aryl methyl sites for hydroxylation is 1. The standard InChI is InChI=1S/C17H18N4O3/c22-16-11-5-1-2-6-12(11)17(23)21(16)10-4-8-14-19-15(24-20-14)13-7-3-9-18-13/h1-2,5-6,13,18H,3-4,7-10H2/t13-/m1/s1. The number of nitrogens with one attached hydrogen (secondary N) is 1. The van der Waals surface area contributed by atoms with E-state index in [1.807, 2.05) is 0 Å². The molecule has 1 saturated heterocycles. The van der Waals surface area contributed by atoms with Crippen LogP contribution in [0.3, 0.4) is 0 Å². The summed E-state index contributed by atoms with van der Waals surface area (Å²) in [5, 5.41) is 7.30. The lowest BCUT2D eigenvalue weighted by Crippen LogP contribution is -2.31. The number of nitrogens with zero attached hydrogens (tertiary/aromatic N) is 3. The van der Waals surface area contributed by atoms with Crippen LogP contribution in [0.1, 0.15) is 57.7 Å². The van der Waals surface area contributed by atoms with Crippen molar-refractivity contribution in [1.82, 2.24) is 20.4 Å². The molecular formula is C17H18N4O3. The highest BCUT2D eigenvalue weighted by Gasteiger charge is 2.34. The zero-order valence-corrected chi connectivity index (χ0v) is 13.2. The van der Waals surface area contributed by atoms with Crippen molar-refractivity contribution in [3.05, 3.63) is 47.1 Å². The molecule has 124 valence electrons. The van der Waals surface area contributed by atoms with Crippen LogP contribution in [0.25, 0.3) is 0 Å². The second-order valence-corrected chi connectivity index (χ2v) is 6.11. The second-order valence-electron chi connectivity index (χ2n) is 6.11. The van der Waals surface area contributed by atoms with Crippen LogP contribution in [0.5, 0.6) is 0 Å². The fourth-order valence-corrected chi connectivity index (χ4v) is 3.24. The summed E-state index contributed by atoms with van der Waals surface area (Å²) in [6.45, 7) is 1.33. The summed E-state index contributed by atoms with van der Waals surface area (Å²) in [5.74, 6) is 0.803. The molecule has 4 rings (SSSR count). The maximum atomic E-state index is 12.3.